The number of hydrogen-bond donors (Lipinski definition) is 1. The number of nitrogens with one attached hydrogen (secondary N) is 1. The molecular formula is C15H30N2. The molecule has 0 spiro atoms. The molecule has 100 valence electrons. The van der Waals surface area contributed by atoms with Crippen molar-refractivity contribution < 1.29 is 0 Å². The van der Waals surface area contributed by atoms with Crippen molar-refractivity contribution >= 4 is 0 Å². The van der Waals surface area contributed by atoms with Crippen molar-refractivity contribution in [2.24, 2.45) is 16.7 Å². The van der Waals surface area contributed by atoms with Gasteiger partial charge in [-0.1, -0.05) is 20.8 Å². The Bertz CT molecular complexity index is 285. The molecular weight excluding hydrogens is 208 g/mol. The topological polar surface area (TPSA) is 15.3 Å². The minimum absolute atomic E-state index is 0.512. The second-order valence-corrected chi connectivity index (χ2v) is 7.49. The lowest BCUT2D eigenvalue weighted by Crippen LogP contribution is -2.50. The van der Waals surface area contributed by atoms with Gasteiger partial charge in [0, 0.05) is 18.6 Å². The average molecular weight is 238 g/mol. The lowest BCUT2D eigenvalue weighted by molar-refractivity contribution is 0.114. The first-order valence-corrected chi connectivity index (χ1v) is 7.18. The highest BCUT2D eigenvalue weighted by atomic mass is 15.1. The van der Waals surface area contributed by atoms with Crippen molar-refractivity contribution in [3.8, 4) is 0 Å². The molecule has 0 aliphatic heterocycles. The van der Waals surface area contributed by atoms with E-state index in [1.54, 1.807) is 0 Å². The minimum Gasteiger partial charge on any atom is -0.310 e. The van der Waals surface area contributed by atoms with E-state index in [0.29, 0.717) is 16.9 Å². The van der Waals surface area contributed by atoms with Gasteiger partial charge >= 0.3 is 0 Å². The Kier molecular flexibility index (Phi) is 3.33. The normalized spacial score (nSPS) is 41.1. The Morgan fingerprint density at radius 1 is 1.29 bits per heavy atom. The van der Waals surface area contributed by atoms with E-state index in [2.05, 4.69) is 52.0 Å². The van der Waals surface area contributed by atoms with E-state index in [4.69, 9.17) is 0 Å². The molecule has 2 saturated carbocycles. The molecule has 0 aromatic rings. The van der Waals surface area contributed by atoms with Gasteiger partial charge in [-0.2, -0.15) is 0 Å². The summed E-state index contributed by atoms with van der Waals surface area (Å²) in [5.41, 5.74) is 1.04. The van der Waals surface area contributed by atoms with Crippen LogP contribution in [0.4, 0.5) is 0 Å². The zero-order valence-corrected chi connectivity index (χ0v) is 12.5. The average Bonchev–Trinajstić information content (AvgIpc) is 2.49. The van der Waals surface area contributed by atoms with Crippen molar-refractivity contribution in [3.05, 3.63) is 0 Å². The highest BCUT2D eigenvalue weighted by Crippen LogP contribution is 2.65. The molecule has 0 aromatic heterocycles. The summed E-state index contributed by atoms with van der Waals surface area (Å²) >= 11 is 0. The SMILES string of the molecule is CC(CN(C)C)NC1CC2CCC1(C)C2(C)C. The van der Waals surface area contributed by atoms with E-state index < -0.39 is 0 Å². The summed E-state index contributed by atoms with van der Waals surface area (Å²) in [6.45, 7) is 11.0. The van der Waals surface area contributed by atoms with E-state index >= 15 is 0 Å². The van der Waals surface area contributed by atoms with Gasteiger partial charge in [-0.15, -0.1) is 0 Å². The monoisotopic (exact) mass is 238 g/mol. The Balaban J connectivity index is 2.01. The van der Waals surface area contributed by atoms with E-state index in [1.165, 1.54) is 19.3 Å². The van der Waals surface area contributed by atoms with Crippen LogP contribution < -0.4 is 5.32 Å². The fourth-order valence-electron chi connectivity index (χ4n) is 4.40. The lowest BCUT2D eigenvalue weighted by Gasteiger charge is -2.41. The van der Waals surface area contributed by atoms with Gasteiger partial charge in [0.15, 0.2) is 0 Å². The quantitative estimate of drug-likeness (QED) is 0.810. The van der Waals surface area contributed by atoms with E-state index in [1.807, 2.05) is 0 Å². The predicted molar refractivity (Wildman–Crippen MR) is 74.2 cm³/mol. The number of nitrogens with zero attached hydrogens (tertiary/aromatic N) is 1. The van der Waals surface area contributed by atoms with Crippen LogP contribution in [0, 0.1) is 16.7 Å². The first-order valence-electron chi connectivity index (χ1n) is 7.18. The molecule has 2 aliphatic rings. The van der Waals surface area contributed by atoms with E-state index in [-0.39, 0.29) is 0 Å². The maximum atomic E-state index is 3.90. The Hall–Kier alpha value is -0.0800. The molecule has 17 heavy (non-hydrogen) atoms. The first-order chi connectivity index (χ1) is 7.77. The van der Waals surface area contributed by atoms with E-state index in [0.717, 1.165) is 18.5 Å². The second kappa shape index (κ2) is 4.24. The minimum atomic E-state index is 0.512. The Labute approximate surface area is 107 Å². The summed E-state index contributed by atoms with van der Waals surface area (Å²) in [6.07, 6.45) is 4.25. The summed E-state index contributed by atoms with van der Waals surface area (Å²) < 4.78 is 0. The van der Waals surface area contributed by atoms with Crippen molar-refractivity contribution in [3.63, 3.8) is 0 Å². The van der Waals surface area contributed by atoms with Gasteiger partial charge in [0.05, 0.1) is 0 Å². The van der Waals surface area contributed by atoms with Crippen molar-refractivity contribution in [2.45, 2.75) is 59.0 Å². The summed E-state index contributed by atoms with van der Waals surface area (Å²) in [4.78, 5) is 2.28. The predicted octanol–water partition coefficient (Wildman–Crippen LogP) is 2.74. The lowest BCUT2D eigenvalue weighted by atomic mass is 9.69. The van der Waals surface area contributed by atoms with Gasteiger partial charge in [0.1, 0.15) is 0 Å². The highest BCUT2D eigenvalue weighted by molar-refractivity contribution is 5.13. The van der Waals surface area contributed by atoms with Crippen LogP contribution in [0.1, 0.15) is 47.0 Å². The first kappa shape index (κ1) is 13.4. The van der Waals surface area contributed by atoms with Crippen LogP contribution in [0.5, 0.6) is 0 Å². The third-order valence-corrected chi connectivity index (χ3v) is 5.92. The van der Waals surface area contributed by atoms with Crippen LogP contribution in [0.2, 0.25) is 0 Å². The smallest absolute Gasteiger partial charge is 0.0169 e. The largest absolute Gasteiger partial charge is 0.310 e. The van der Waals surface area contributed by atoms with E-state index in [9.17, 15) is 0 Å². The second-order valence-electron chi connectivity index (χ2n) is 7.49. The van der Waals surface area contributed by atoms with Crippen LogP contribution in [0.15, 0.2) is 0 Å². The van der Waals surface area contributed by atoms with Crippen LogP contribution >= 0.6 is 0 Å². The van der Waals surface area contributed by atoms with Gasteiger partial charge in [-0.25, -0.2) is 0 Å². The summed E-state index contributed by atoms with van der Waals surface area (Å²) in [5, 5.41) is 3.90. The zero-order valence-electron chi connectivity index (χ0n) is 12.5. The molecule has 2 nitrogen and oxygen atoms in total. The molecule has 2 bridgehead atoms. The van der Waals surface area contributed by atoms with Crippen molar-refractivity contribution in [2.75, 3.05) is 20.6 Å². The van der Waals surface area contributed by atoms with Gasteiger partial charge in [-0.3, -0.25) is 0 Å². The third-order valence-electron chi connectivity index (χ3n) is 5.92. The zero-order chi connectivity index (χ0) is 12.8. The molecule has 0 radical (unpaired) electrons. The molecule has 4 atom stereocenters. The molecule has 2 heteroatoms. The molecule has 0 heterocycles. The molecule has 4 unspecified atom stereocenters. The number of hydrogen-bond acceptors (Lipinski definition) is 2. The molecule has 0 saturated heterocycles. The van der Waals surface area contributed by atoms with Crippen LogP contribution in [-0.4, -0.2) is 37.6 Å². The van der Waals surface area contributed by atoms with Crippen LogP contribution in [-0.2, 0) is 0 Å². The van der Waals surface area contributed by atoms with Gasteiger partial charge < -0.3 is 10.2 Å². The van der Waals surface area contributed by atoms with Crippen molar-refractivity contribution in [1.29, 1.82) is 0 Å². The van der Waals surface area contributed by atoms with Gasteiger partial charge in [0.2, 0.25) is 0 Å². The van der Waals surface area contributed by atoms with Gasteiger partial charge in [0.25, 0.3) is 0 Å². The molecule has 2 fully saturated rings. The van der Waals surface area contributed by atoms with Gasteiger partial charge in [-0.05, 0) is 57.0 Å². The highest BCUT2D eigenvalue weighted by Gasteiger charge is 2.61. The fourth-order valence-corrected chi connectivity index (χ4v) is 4.40. The Morgan fingerprint density at radius 3 is 2.35 bits per heavy atom. The molecule has 0 amide bonds. The Morgan fingerprint density at radius 2 is 1.94 bits per heavy atom. The van der Waals surface area contributed by atoms with Crippen LogP contribution in [0.25, 0.3) is 0 Å². The molecule has 2 rings (SSSR count). The maximum Gasteiger partial charge on any atom is 0.0169 e. The number of likely N-dealkylation sites (N-methyl/N-ethyl adjacent to an activating group) is 1. The summed E-state index contributed by atoms with van der Waals surface area (Å²) in [6, 6.07) is 1.33. The number of fused-ring (bicyclic) bond motifs is 2. The van der Waals surface area contributed by atoms with Crippen LogP contribution in [0.3, 0.4) is 0 Å². The molecule has 1 N–H and O–H groups in total. The third kappa shape index (κ3) is 2.04. The fraction of sp³-hybridized carbons (Fsp3) is 1.00. The summed E-state index contributed by atoms with van der Waals surface area (Å²) in [5.74, 6) is 0.941. The molecule has 0 aromatic carbocycles. The summed E-state index contributed by atoms with van der Waals surface area (Å²) in [7, 11) is 4.31. The standard InChI is InChI=1S/C15H30N2/c1-11(10-17(5)6)16-13-9-12-7-8-15(13,4)14(12,2)3/h11-13,16H,7-10H2,1-6H3. The van der Waals surface area contributed by atoms with Crippen molar-refractivity contribution in [1.82, 2.24) is 10.2 Å². The molecule has 2 aliphatic carbocycles. The number of rotatable bonds is 4. The maximum absolute atomic E-state index is 3.90.